The summed E-state index contributed by atoms with van der Waals surface area (Å²) in [5, 5.41) is 14.7. The summed E-state index contributed by atoms with van der Waals surface area (Å²) in [7, 11) is 1.48. The molecule has 1 saturated carbocycles. The normalized spacial score (nSPS) is 17.1. The summed E-state index contributed by atoms with van der Waals surface area (Å²) in [4.78, 5) is 36.4. The molecule has 0 unspecified atom stereocenters. The molecule has 120 valence electrons. The third-order valence-corrected chi connectivity index (χ3v) is 3.64. The predicted molar refractivity (Wildman–Crippen MR) is 77.9 cm³/mol. The van der Waals surface area contributed by atoms with Gasteiger partial charge in [-0.3, -0.25) is 4.79 Å². The van der Waals surface area contributed by atoms with Crippen LogP contribution in [0.3, 0.4) is 0 Å². The summed E-state index contributed by atoms with van der Waals surface area (Å²) < 4.78 is 0. The fourth-order valence-electron chi connectivity index (χ4n) is 2.50. The zero-order valence-electron chi connectivity index (χ0n) is 12.9. The fourth-order valence-corrected chi connectivity index (χ4v) is 2.50. The van der Waals surface area contributed by atoms with Crippen molar-refractivity contribution in [3.8, 4) is 0 Å². The molecule has 21 heavy (non-hydrogen) atoms. The van der Waals surface area contributed by atoms with Gasteiger partial charge in [0.25, 0.3) is 0 Å². The number of urea groups is 1. The Kier molecular flexibility index (Phi) is 5.99. The molecule has 0 bridgehead atoms. The van der Waals surface area contributed by atoms with Gasteiger partial charge in [0.15, 0.2) is 0 Å². The van der Waals surface area contributed by atoms with Crippen LogP contribution in [0.4, 0.5) is 4.79 Å². The molecule has 7 nitrogen and oxygen atoms in total. The van der Waals surface area contributed by atoms with E-state index in [-0.39, 0.29) is 18.5 Å². The highest BCUT2D eigenvalue weighted by molar-refractivity contribution is 5.88. The lowest BCUT2D eigenvalue weighted by molar-refractivity contribution is -0.145. The van der Waals surface area contributed by atoms with Crippen molar-refractivity contribution in [1.29, 1.82) is 0 Å². The van der Waals surface area contributed by atoms with Gasteiger partial charge in [0.2, 0.25) is 5.91 Å². The molecule has 0 aliphatic heterocycles. The molecular formula is C14H25N3O4. The van der Waals surface area contributed by atoms with E-state index >= 15 is 0 Å². The third kappa shape index (κ3) is 4.91. The molecule has 3 amide bonds. The monoisotopic (exact) mass is 299 g/mol. The van der Waals surface area contributed by atoms with E-state index < -0.39 is 17.5 Å². The van der Waals surface area contributed by atoms with Crippen molar-refractivity contribution in [3.05, 3.63) is 0 Å². The minimum atomic E-state index is -1.20. The van der Waals surface area contributed by atoms with Crippen LogP contribution in [0.15, 0.2) is 0 Å². The highest BCUT2D eigenvalue weighted by Crippen LogP contribution is 2.28. The number of carboxylic acid groups (broad SMARTS) is 1. The Labute approximate surface area is 125 Å². The minimum Gasteiger partial charge on any atom is -0.480 e. The van der Waals surface area contributed by atoms with Crippen molar-refractivity contribution in [3.63, 3.8) is 0 Å². The highest BCUT2D eigenvalue weighted by Gasteiger charge is 2.41. The molecule has 0 aromatic heterocycles. The lowest BCUT2D eigenvalue weighted by Crippen LogP contribution is -2.59. The molecule has 0 spiro atoms. The van der Waals surface area contributed by atoms with E-state index in [0.29, 0.717) is 12.8 Å². The van der Waals surface area contributed by atoms with E-state index in [4.69, 9.17) is 0 Å². The first-order valence-corrected chi connectivity index (χ1v) is 7.33. The summed E-state index contributed by atoms with van der Waals surface area (Å²) >= 11 is 0. The molecule has 0 aromatic carbocycles. The number of carbonyl (C=O) groups excluding carboxylic acids is 2. The molecule has 7 heteroatoms. The number of nitrogens with zero attached hydrogens (tertiary/aromatic N) is 1. The number of hydrogen-bond donors (Lipinski definition) is 3. The number of nitrogens with one attached hydrogen (secondary N) is 2. The van der Waals surface area contributed by atoms with Crippen LogP contribution in [0.25, 0.3) is 0 Å². The quantitative estimate of drug-likeness (QED) is 0.703. The second kappa shape index (κ2) is 7.28. The average molecular weight is 299 g/mol. The van der Waals surface area contributed by atoms with Gasteiger partial charge in [-0.2, -0.15) is 0 Å². The number of hydrogen-bond acceptors (Lipinski definition) is 3. The first-order chi connectivity index (χ1) is 9.77. The minimum absolute atomic E-state index is 0.00216. The first-order valence-electron chi connectivity index (χ1n) is 7.33. The van der Waals surface area contributed by atoms with Crippen LogP contribution >= 0.6 is 0 Å². The molecule has 1 aliphatic rings. The number of carbonyl (C=O) groups is 3. The van der Waals surface area contributed by atoms with Crippen molar-refractivity contribution < 1.29 is 19.5 Å². The third-order valence-electron chi connectivity index (χ3n) is 3.64. The van der Waals surface area contributed by atoms with Gasteiger partial charge in [0.1, 0.15) is 12.1 Å². The van der Waals surface area contributed by atoms with Crippen molar-refractivity contribution in [2.75, 3.05) is 13.6 Å². The Morgan fingerprint density at radius 2 is 1.76 bits per heavy atom. The first kappa shape index (κ1) is 17.3. The van der Waals surface area contributed by atoms with Gasteiger partial charge >= 0.3 is 12.0 Å². The second-order valence-electron chi connectivity index (χ2n) is 5.96. The maximum atomic E-state index is 12.1. The van der Waals surface area contributed by atoms with Crippen LogP contribution < -0.4 is 10.6 Å². The second-order valence-corrected chi connectivity index (χ2v) is 5.96. The SMILES string of the molecule is CC(C)NC(=O)CN(C)C(=O)NC1(C(=O)O)CCCCC1. The maximum Gasteiger partial charge on any atom is 0.329 e. The van der Waals surface area contributed by atoms with Gasteiger partial charge in [-0.25, -0.2) is 9.59 Å². The molecule has 1 aliphatic carbocycles. The van der Waals surface area contributed by atoms with E-state index in [1.807, 2.05) is 13.8 Å². The summed E-state index contributed by atoms with van der Waals surface area (Å²) in [5.41, 5.74) is -1.20. The molecule has 3 N–H and O–H groups in total. The smallest absolute Gasteiger partial charge is 0.329 e. The van der Waals surface area contributed by atoms with Crippen LogP contribution in [0.1, 0.15) is 46.0 Å². The van der Waals surface area contributed by atoms with E-state index in [1.54, 1.807) is 0 Å². The van der Waals surface area contributed by atoms with Gasteiger partial charge < -0.3 is 20.6 Å². The van der Waals surface area contributed by atoms with Gasteiger partial charge in [-0.15, -0.1) is 0 Å². The lowest BCUT2D eigenvalue weighted by atomic mass is 9.82. The van der Waals surface area contributed by atoms with Crippen LogP contribution in [0, 0.1) is 0 Å². The molecule has 1 rings (SSSR count). The van der Waals surface area contributed by atoms with Crippen molar-refractivity contribution in [1.82, 2.24) is 15.5 Å². The predicted octanol–water partition coefficient (Wildman–Crippen LogP) is 0.940. The Morgan fingerprint density at radius 1 is 1.19 bits per heavy atom. The zero-order chi connectivity index (χ0) is 16.0. The van der Waals surface area contributed by atoms with Gasteiger partial charge in [0.05, 0.1) is 0 Å². The van der Waals surface area contributed by atoms with Crippen LogP contribution in [-0.4, -0.2) is 53.1 Å². The summed E-state index contributed by atoms with van der Waals surface area (Å²) in [5.74, 6) is -1.27. The van der Waals surface area contributed by atoms with Crippen LogP contribution in [-0.2, 0) is 9.59 Å². The van der Waals surface area contributed by atoms with E-state index in [1.165, 1.54) is 11.9 Å². The largest absolute Gasteiger partial charge is 0.480 e. The zero-order valence-corrected chi connectivity index (χ0v) is 12.9. The molecule has 0 atom stereocenters. The molecule has 0 aromatic rings. The van der Waals surface area contributed by atoms with Crippen molar-refractivity contribution in [2.45, 2.75) is 57.5 Å². The topological polar surface area (TPSA) is 98.7 Å². The number of amides is 3. The van der Waals surface area contributed by atoms with E-state index in [9.17, 15) is 19.5 Å². The standard InChI is InChI=1S/C14H25N3O4/c1-10(2)15-11(18)9-17(3)13(21)16-14(12(19)20)7-5-4-6-8-14/h10H,4-9H2,1-3H3,(H,15,18)(H,16,21)(H,19,20). The van der Waals surface area contributed by atoms with E-state index in [2.05, 4.69) is 10.6 Å². The Balaban J connectivity index is 2.61. The maximum absolute atomic E-state index is 12.1. The van der Waals surface area contributed by atoms with Crippen molar-refractivity contribution >= 4 is 17.9 Å². The average Bonchev–Trinajstić information content (AvgIpc) is 2.38. The Morgan fingerprint density at radius 3 is 2.24 bits per heavy atom. The van der Waals surface area contributed by atoms with Crippen LogP contribution in [0.5, 0.6) is 0 Å². The Bertz CT molecular complexity index is 403. The lowest BCUT2D eigenvalue weighted by Gasteiger charge is -2.35. The molecule has 0 radical (unpaired) electrons. The highest BCUT2D eigenvalue weighted by atomic mass is 16.4. The number of rotatable bonds is 5. The van der Waals surface area contributed by atoms with Gasteiger partial charge in [-0.05, 0) is 26.7 Å². The molecule has 1 fully saturated rings. The molecule has 0 heterocycles. The Hall–Kier alpha value is -1.79. The van der Waals surface area contributed by atoms with Crippen LogP contribution in [0.2, 0.25) is 0 Å². The number of carboxylic acids is 1. The number of aliphatic carboxylic acids is 1. The fraction of sp³-hybridized carbons (Fsp3) is 0.786. The van der Waals surface area contributed by atoms with E-state index in [0.717, 1.165) is 19.3 Å². The summed E-state index contributed by atoms with van der Waals surface area (Å²) in [6.07, 6.45) is 3.41. The summed E-state index contributed by atoms with van der Waals surface area (Å²) in [6.45, 7) is 3.57. The molecule has 0 saturated heterocycles. The van der Waals surface area contributed by atoms with Crippen molar-refractivity contribution in [2.24, 2.45) is 0 Å². The van der Waals surface area contributed by atoms with Gasteiger partial charge in [0, 0.05) is 13.1 Å². The summed E-state index contributed by atoms with van der Waals surface area (Å²) in [6, 6.07) is -0.532. The molecular weight excluding hydrogens is 274 g/mol. The number of likely N-dealkylation sites (N-methyl/N-ethyl adjacent to an activating group) is 1. The van der Waals surface area contributed by atoms with Gasteiger partial charge in [-0.1, -0.05) is 19.3 Å².